The van der Waals surface area contributed by atoms with Gasteiger partial charge in [0.05, 0.1) is 11.7 Å². The minimum absolute atomic E-state index is 0.262. The van der Waals surface area contributed by atoms with Gasteiger partial charge in [0.15, 0.2) is 0 Å². The van der Waals surface area contributed by atoms with E-state index in [0.29, 0.717) is 0 Å². The van der Waals surface area contributed by atoms with Gasteiger partial charge in [0.2, 0.25) is 0 Å². The Hall–Kier alpha value is -0.120. The summed E-state index contributed by atoms with van der Waals surface area (Å²) >= 11 is 0. The van der Waals surface area contributed by atoms with Crippen molar-refractivity contribution in [3.05, 3.63) is 0 Å². The van der Waals surface area contributed by atoms with Crippen molar-refractivity contribution in [1.82, 2.24) is 5.32 Å². The van der Waals surface area contributed by atoms with Gasteiger partial charge in [-0.1, -0.05) is 26.7 Å². The van der Waals surface area contributed by atoms with Crippen LogP contribution in [-0.2, 0) is 4.74 Å². The third kappa shape index (κ3) is 3.25. The maximum Gasteiger partial charge on any atom is 0.0846 e. The van der Waals surface area contributed by atoms with E-state index < -0.39 is 5.60 Å². The molecule has 0 radical (unpaired) electrons. The number of nitrogens with one attached hydrogen (secondary N) is 1. The summed E-state index contributed by atoms with van der Waals surface area (Å²) in [6, 6.07) is 0.277. The van der Waals surface area contributed by atoms with Gasteiger partial charge in [-0.3, -0.25) is 0 Å². The Bertz CT molecular complexity index is 257. The maximum atomic E-state index is 11.0. The fraction of sp³-hybridized carbons (Fsp3) is 1.00. The molecule has 0 spiro atoms. The van der Waals surface area contributed by atoms with E-state index in [2.05, 4.69) is 19.2 Å². The molecular formula is C15H29NO2. The van der Waals surface area contributed by atoms with Crippen molar-refractivity contribution in [2.45, 2.75) is 76.5 Å². The smallest absolute Gasteiger partial charge is 0.0846 e. The minimum Gasteiger partial charge on any atom is -0.388 e. The monoisotopic (exact) mass is 255 g/mol. The van der Waals surface area contributed by atoms with Crippen molar-refractivity contribution in [3.8, 4) is 0 Å². The first-order chi connectivity index (χ1) is 8.68. The Morgan fingerprint density at radius 3 is 2.94 bits per heavy atom. The number of ether oxygens (including phenoxy) is 1. The van der Waals surface area contributed by atoms with E-state index in [-0.39, 0.29) is 12.1 Å². The Kier molecular flexibility index (Phi) is 5.05. The van der Waals surface area contributed by atoms with Gasteiger partial charge < -0.3 is 15.2 Å². The van der Waals surface area contributed by atoms with Crippen LogP contribution in [0, 0.1) is 5.92 Å². The number of piperidine rings is 1. The highest BCUT2D eigenvalue weighted by atomic mass is 16.5. The van der Waals surface area contributed by atoms with Crippen molar-refractivity contribution in [2.75, 3.05) is 13.2 Å². The van der Waals surface area contributed by atoms with Crippen LogP contribution in [0.25, 0.3) is 0 Å². The van der Waals surface area contributed by atoms with Gasteiger partial charge in [-0.25, -0.2) is 0 Å². The molecule has 0 aromatic heterocycles. The van der Waals surface area contributed by atoms with Gasteiger partial charge in [0.25, 0.3) is 0 Å². The van der Waals surface area contributed by atoms with Crippen molar-refractivity contribution in [3.63, 3.8) is 0 Å². The van der Waals surface area contributed by atoms with E-state index in [1.54, 1.807) is 0 Å². The lowest BCUT2D eigenvalue weighted by Gasteiger charge is -2.45. The third-order valence-electron chi connectivity index (χ3n) is 4.82. The first-order valence-electron chi connectivity index (χ1n) is 7.75. The van der Waals surface area contributed by atoms with Gasteiger partial charge in [-0.2, -0.15) is 0 Å². The van der Waals surface area contributed by atoms with Crippen molar-refractivity contribution in [1.29, 1.82) is 0 Å². The normalized spacial score (nSPS) is 41.8. The highest BCUT2D eigenvalue weighted by molar-refractivity contribution is 4.98. The maximum absolute atomic E-state index is 11.0. The molecular weight excluding hydrogens is 226 g/mol. The fourth-order valence-corrected chi connectivity index (χ4v) is 3.56. The second kappa shape index (κ2) is 6.36. The zero-order valence-corrected chi connectivity index (χ0v) is 12.0. The quantitative estimate of drug-likeness (QED) is 0.811. The molecule has 18 heavy (non-hydrogen) atoms. The molecule has 2 heterocycles. The van der Waals surface area contributed by atoms with Crippen molar-refractivity contribution < 1.29 is 9.84 Å². The number of hydrogen-bond donors (Lipinski definition) is 2. The van der Waals surface area contributed by atoms with Crippen LogP contribution >= 0.6 is 0 Å². The van der Waals surface area contributed by atoms with Crippen LogP contribution in [0.1, 0.15) is 58.8 Å². The van der Waals surface area contributed by atoms with Crippen LogP contribution in [0.4, 0.5) is 0 Å². The first-order valence-corrected chi connectivity index (χ1v) is 7.75. The van der Waals surface area contributed by atoms with Gasteiger partial charge >= 0.3 is 0 Å². The summed E-state index contributed by atoms with van der Waals surface area (Å²) in [5, 5.41) is 14.5. The van der Waals surface area contributed by atoms with Crippen LogP contribution in [-0.4, -0.2) is 36.0 Å². The standard InChI is InChI=1S/C15H29NO2/c1-3-5-13-11-15(17,7-9-18-13)14-10-12(4-2)6-8-16-14/h12-14,16-17H,3-11H2,1-2H3. The SMILES string of the molecule is CCCC1CC(O)(C2CC(CC)CCN2)CCO1. The molecule has 4 atom stereocenters. The van der Waals surface area contributed by atoms with Gasteiger partial charge in [-0.15, -0.1) is 0 Å². The molecule has 0 aromatic rings. The molecule has 0 aromatic carbocycles. The topological polar surface area (TPSA) is 41.5 Å². The van der Waals surface area contributed by atoms with E-state index in [9.17, 15) is 5.11 Å². The van der Waals surface area contributed by atoms with Crippen LogP contribution in [0.15, 0.2) is 0 Å². The molecule has 2 fully saturated rings. The summed E-state index contributed by atoms with van der Waals surface area (Å²) < 4.78 is 5.77. The first kappa shape index (κ1) is 14.3. The van der Waals surface area contributed by atoms with Gasteiger partial charge in [0, 0.05) is 25.5 Å². The molecule has 0 bridgehead atoms. The molecule has 2 aliphatic heterocycles. The molecule has 3 heteroatoms. The molecule has 0 saturated carbocycles. The highest BCUT2D eigenvalue weighted by Crippen LogP contribution is 2.35. The van der Waals surface area contributed by atoms with Gasteiger partial charge in [0.1, 0.15) is 0 Å². The Morgan fingerprint density at radius 2 is 2.22 bits per heavy atom. The number of rotatable bonds is 4. The largest absolute Gasteiger partial charge is 0.388 e. The summed E-state index contributed by atoms with van der Waals surface area (Å²) in [6.07, 6.45) is 7.71. The van der Waals surface area contributed by atoms with Crippen LogP contribution in [0.5, 0.6) is 0 Å². The summed E-state index contributed by atoms with van der Waals surface area (Å²) in [5.41, 5.74) is -0.536. The predicted octanol–water partition coefficient (Wildman–Crippen LogP) is 2.47. The molecule has 2 rings (SSSR count). The zero-order valence-electron chi connectivity index (χ0n) is 12.0. The van der Waals surface area contributed by atoms with E-state index in [4.69, 9.17) is 4.74 Å². The lowest BCUT2D eigenvalue weighted by molar-refractivity contribution is -0.127. The lowest BCUT2D eigenvalue weighted by atomic mass is 9.76. The van der Waals surface area contributed by atoms with Crippen LogP contribution in [0.3, 0.4) is 0 Å². The average Bonchev–Trinajstić information content (AvgIpc) is 2.39. The van der Waals surface area contributed by atoms with Crippen LogP contribution < -0.4 is 5.32 Å². The zero-order chi connectivity index (χ0) is 13.0. The fourth-order valence-electron chi connectivity index (χ4n) is 3.56. The Labute approximate surface area is 111 Å². The van der Waals surface area contributed by atoms with Crippen LogP contribution in [0.2, 0.25) is 0 Å². The summed E-state index contributed by atoms with van der Waals surface area (Å²) in [6.45, 7) is 6.23. The van der Waals surface area contributed by atoms with Crippen molar-refractivity contribution >= 4 is 0 Å². The Balaban J connectivity index is 1.96. The predicted molar refractivity (Wildman–Crippen MR) is 73.6 cm³/mol. The molecule has 0 amide bonds. The lowest BCUT2D eigenvalue weighted by Crippen LogP contribution is -2.58. The number of hydrogen-bond acceptors (Lipinski definition) is 3. The second-order valence-corrected chi connectivity index (χ2v) is 6.14. The summed E-state index contributed by atoms with van der Waals surface area (Å²) in [5.74, 6) is 0.785. The van der Waals surface area contributed by atoms with E-state index in [0.717, 1.165) is 51.2 Å². The second-order valence-electron chi connectivity index (χ2n) is 6.14. The molecule has 3 nitrogen and oxygen atoms in total. The third-order valence-corrected chi connectivity index (χ3v) is 4.82. The molecule has 2 N–H and O–H groups in total. The molecule has 4 unspecified atom stereocenters. The molecule has 2 saturated heterocycles. The molecule has 106 valence electrons. The molecule has 0 aliphatic carbocycles. The average molecular weight is 255 g/mol. The summed E-state index contributed by atoms with van der Waals surface area (Å²) in [4.78, 5) is 0. The van der Waals surface area contributed by atoms with E-state index in [1.165, 1.54) is 12.8 Å². The highest BCUT2D eigenvalue weighted by Gasteiger charge is 2.43. The van der Waals surface area contributed by atoms with Crippen molar-refractivity contribution in [2.24, 2.45) is 5.92 Å². The van der Waals surface area contributed by atoms with E-state index in [1.807, 2.05) is 0 Å². The molecule has 2 aliphatic rings. The summed E-state index contributed by atoms with van der Waals surface area (Å²) in [7, 11) is 0. The van der Waals surface area contributed by atoms with Gasteiger partial charge in [-0.05, 0) is 31.7 Å². The van der Waals surface area contributed by atoms with E-state index >= 15 is 0 Å². The number of aliphatic hydroxyl groups is 1. The Morgan fingerprint density at radius 1 is 1.39 bits per heavy atom. The minimum atomic E-state index is -0.536.